The lowest BCUT2D eigenvalue weighted by Gasteiger charge is -2.45. The zero-order valence-electron chi connectivity index (χ0n) is 11.1. The summed E-state index contributed by atoms with van der Waals surface area (Å²) in [6, 6.07) is 0. The van der Waals surface area contributed by atoms with Crippen molar-refractivity contribution in [2.45, 2.75) is 65.8 Å². The number of aliphatic hydroxyl groups is 1. The first-order chi connectivity index (χ1) is 6.83. The fourth-order valence-corrected chi connectivity index (χ4v) is 2.49. The highest BCUT2D eigenvalue weighted by atomic mass is 16.3. The van der Waals surface area contributed by atoms with E-state index in [9.17, 15) is 5.11 Å². The van der Waals surface area contributed by atoms with Gasteiger partial charge in [0, 0.05) is 12.1 Å². The predicted molar refractivity (Wildman–Crippen MR) is 66.8 cm³/mol. The molecule has 0 aliphatic rings. The Morgan fingerprint density at radius 3 is 2.07 bits per heavy atom. The summed E-state index contributed by atoms with van der Waals surface area (Å²) in [5, 5.41) is 9.23. The largest absolute Gasteiger partial charge is 0.396 e. The van der Waals surface area contributed by atoms with Crippen LogP contribution < -0.4 is 5.73 Å². The van der Waals surface area contributed by atoms with Crippen LogP contribution in [0.2, 0.25) is 0 Å². The van der Waals surface area contributed by atoms with Crippen LogP contribution in [0.4, 0.5) is 0 Å². The van der Waals surface area contributed by atoms with Crippen molar-refractivity contribution in [3.8, 4) is 0 Å². The molecule has 92 valence electrons. The minimum atomic E-state index is -0.214. The third-order valence-electron chi connectivity index (χ3n) is 4.07. The van der Waals surface area contributed by atoms with Gasteiger partial charge in [0.2, 0.25) is 0 Å². The second-order valence-electron chi connectivity index (χ2n) is 5.55. The van der Waals surface area contributed by atoms with Crippen molar-refractivity contribution < 1.29 is 5.11 Å². The van der Waals surface area contributed by atoms with Crippen LogP contribution in [-0.4, -0.2) is 17.3 Å². The third kappa shape index (κ3) is 3.76. The van der Waals surface area contributed by atoms with E-state index in [-0.39, 0.29) is 17.6 Å². The van der Waals surface area contributed by atoms with Gasteiger partial charge >= 0.3 is 0 Å². The first-order valence-corrected chi connectivity index (χ1v) is 6.22. The van der Waals surface area contributed by atoms with Crippen LogP contribution in [0.25, 0.3) is 0 Å². The molecule has 0 aliphatic heterocycles. The van der Waals surface area contributed by atoms with Crippen LogP contribution in [0, 0.1) is 11.3 Å². The molecule has 2 unspecified atom stereocenters. The van der Waals surface area contributed by atoms with Crippen molar-refractivity contribution in [1.29, 1.82) is 0 Å². The molecule has 0 amide bonds. The quantitative estimate of drug-likeness (QED) is 0.686. The summed E-state index contributed by atoms with van der Waals surface area (Å²) in [6.45, 7) is 11.1. The molecule has 2 atom stereocenters. The molecular formula is C13H29NO. The van der Waals surface area contributed by atoms with Gasteiger partial charge < -0.3 is 10.8 Å². The standard InChI is InChI=1S/C13H29NO/c1-6-11(3)10-13(7-2,8-9-15)12(4,5)14/h11,15H,6-10,14H2,1-5H3. The summed E-state index contributed by atoms with van der Waals surface area (Å²) in [5.41, 5.74) is 6.17. The van der Waals surface area contributed by atoms with Crippen LogP contribution in [0.3, 0.4) is 0 Å². The van der Waals surface area contributed by atoms with E-state index in [4.69, 9.17) is 5.73 Å². The molecule has 2 nitrogen and oxygen atoms in total. The highest BCUT2D eigenvalue weighted by molar-refractivity contribution is 4.96. The predicted octanol–water partition coefficient (Wildman–Crippen LogP) is 2.94. The smallest absolute Gasteiger partial charge is 0.0437 e. The maximum Gasteiger partial charge on any atom is 0.0437 e. The van der Waals surface area contributed by atoms with E-state index in [1.807, 2.05) is 0 Å². The van der Waals surface area contributed by atoms with Gasteiger partial charge in [0.05, 0.1) is 0 Å². The summed E-state index contributed by atoms with van der Waals surface area (Å²) in [6.07, 6.45) is 4.16. The second-order valence-corrected chi connectivity index (χ2v) is 5.55. The van der Waals surface area contributed by atoms with E-state index in [2.05, 4.69) is 34.6 Å². The minimum absolute atomic E-state index is 0.0805. The Morgan fingerprint density at radius 1 is 1.27 bits per heavy atom. The molecule has 0 rings (SSSR count). The van der Waals surface area contributed by atoms with Gasteiger partial charge in [-0.3, -0.25) is 0 Å². The monoisotopic (exact) mass is 215 g/mol. The second kappa shape index (κ2) is 5.86. The van der Waals surface area contributed by atoms with Crippen molar-refractivity contribution in [1.82, 2.24) is 0 Å². The minimum Gasteiger partial charge on any atom is -0.396 e. The molecule has 0 saturated carbocycles. The zero-order chi connectivity index (χ0) is 12.1. The number of aliphatic hydroxyl groups excluding tert-OH is 1. The molecule has 0 spiro atoms. The zero-order valence-corrected chi connectivity index (χ0v) is 11.1. The van der Waals surface area contributed by atoms with Crippen molar-refractivity contribution in [3.63, 3.8) is 0 Å². The number of hydrogen-bond acceptors (Lipinski definition) is 2. The molecule has 0 aliphatic carbocycles. The summed E-state index contributed by atoms with van der Waals surface area (Å²) in [4.78, 5) is 0. The molecule has 0 saturated heterocycles. The highest BCUT2D eigenvalue weighted by Crippen LogP contribution is 2.42. The Bertz CT molecular complexity index is 174. The molecule has 0 heterocycles. The van der Waals surface area contributed by atoms with Crippen molar-refractivity contribution >= 4 is 0 Å². The van der Waals surface area contributed by atoms with E-state index >= 15 is 0 Å². The Hall–Kier alpha value is -0.0800. The fraction of sp³-hybridized carbons (Fsp3) is 1.00. The van der Waals surface area contributed by atoms with Crippen LogP contribution in [0.1, 0.15) is 60.3 Å². The highest BCUT2D eigenvalue weighted by Gasteiger charge is 2.40. The Kier molecular flexibility index (Phi) is 5.82. The van der Waals surface area contributed by atoms with Crippen LogP contribution in [-0.2, 0) is 0 Å². The van der Waals surface area contributed by atoms with Crippen LogP contribution in [0.5, 0.6) is 0 Å². The molecule has 0 fully saturated rings. The normalized spacial score (nSPS) is 18.6. The van der Waals surface area contributed by atoms with Gasteiger partial charge in [0.25, 0.3) is 0 Å². The number of hydrogen-bond donors (Lipinski definition) is 2. The molecule has 0 aromatic carbocycles. The van der Waals surface area contributed by atoms with Gasteiger partial charge in [0.15, 0.2) is 0 Å². The van der Waals surface area contributed by atoms with Crippen molar-refractivity contribution in [2.24, 2.45) is 17.1 Å². The van der Waals surface area contributed by atoms with Gasteiger partial charge in [0.1, 0.15) is 0 Å². The third-order valence-corrected chi connectivity index (χ3v) is 4.07. The molecule has 3 N–H and O–H groups in total. The molecule has 2 heteroatoms. The van der Waals surface area contributed by atoms with E-state index in [1.54, 1.807) is 0 Å². The maximum atomic E-state index is 9.23. The molecule has 15 heavy (non-hydrogen) atoms. The lowest BCUT2D eigenvalue weighted by atomic mass is 9.63. The van der Waals surface area contributed by atoms with Gasteiger partial charge in [-0.2, -0.15) is 0 Å². The van der Waals surface area contributed by atoms with Gasteiger partial charge in [-0.1, -0.05) is 27.2 Å². The molecule has 0 radical (unpaired) electrons. The van der Waals surface area contributed by atoms with Crippen LogP contribution >= 0.6 is 0 Å². The van der Waals surface area contributed by atoms with Crippen molar-refractivity contribution in [2.75, 3.05) is 6.61 Å². The maximum absolute atomic E-state index is 9.23. The average molecular weight is 215 g/mol. The van der Waals surface area contributed by atoms with E-state index in [0.717, 1.165) is 19.3 Å². The van der Waals surface area contributed by atoms with E-state index < -0.39 is 0 Å². The number of nitrogens with two attached hydrogens (primary N) is 1. The Balaban J connectivity index is 4.81. The Labute approximate surface area is 95.3 Å². The topological polar surface area (TPSA) is 46.2 Å². The van der Waals surface area contributed by atoms with E-state index in [1.165, 1.54) is 6.42 Å². The summed E-state index contributed by atoms with van der Waals surface area (Å²) in [5.74, 6) is 0.680. The van der Waals surface area contributed by atoms with Crippen molar-refractivity contribution in [3.05, 3.63) is 0 Å². The number of rotatable bonds is 7. The fourth-order valence-electron chi connectivity index (χ4n) is 2.49. The molecule has 0 bridgehead atoms. The van der Waals surface area contributed by atoms with Crippen LogP contribution in [0.15, 0.2) is 0 Å². The average Bonchev–Trinajstić information content (AvgIpc) is 2.15. The van der Waals surface area contributed by atoms with E-state index in [0.29, 0.717) is 5.92 Å². The lowest BCUT2D eigenvalue weighted by Crippen LogP contribution is -2.51. The summed E-state index contributed by atoms with van der Waals surface area (Å²) < 4.78 is 0. The first-order valence-electron chi connectivity index (χ1n) is 6.22. The lowest BCUT2D eigenvalue weighted by molar-refractivity contribution is 0.0665. The molecule has 0 aromatic heterocycles. The first kappa shape index (κ1) is 14.9. The summed E-state index contributed by atoms with van der Waals surface area (Å²) >= 11 is 0. The molecular weight excluding hydrogens is 186 g/mol. The summed E-state index contributed by atoms with van der Waals surface area (Å²) in [7, 11) is 0. The SMILES string of the molecule is CCC(C)CC(CC)(CCO)C(C)(C)N. The van der Waals surface area contributed by atoms with Gasteiger partial charge in [-0.15, -0.1) is 0 Å². The molecule has 0 aromatic rings. The van der Waals surface area contributed by atoms with Gasteiger partial charge in [-0.05, 0) is 44.4 Å². The van der Waals surface area contributed by atoms with Gasteiger partial charge in [-0.25, -0.2) is 0 Å². The Morgan fingerprint density at radius 2 is 1.80 bits per heavy atom.